The van der Waals surface area contributed by atoms with Crippen LogP contribution in [0.2, 0.25) is 0 Å². The van der Waals surface area contributed by atoms with Crippen LogP contribution in [0.25, 0.3) is 11.0 Å². The zero-order valence-corrected chi connectivity index (χ0v) is 17.8. The van der Waals surface area contributed by atoms with Gasteiger partial charge in [0.2, 0.25) is 5.91 Å². The Bertz CT molecular complexity index is 1090. The maximum atomic E-state index is 12.4. The number of thioether (sulfide) groups is 1. The molecule has 0 radical (unpaired) electrons. The van der Waals surface area contributed by atoms with Gasteiger partial charge in [0.1, 0.15) is 5.58 Å². The first-order valence-electron chi connectivity index (χ1n) is 9.24. The Morgan fingerprint density at radius 1 is 0.929 bits per heavy atom. The standard InChI is InChI=1S/C23H25NO3S/c1-13-6-16(4)23(17(5)7-13)24-21(25)12-28-11-18-10-22(26)27-20-9-15(3)14(2)8-19(18)20/h6-10H,11-12H2,1-5H3,(H,24,25). The molecule has 5 heteroatoms. The van der Waals surface area contributed by atoms with Crippen LogP contribution in [0, 0.1) is 34.6 Å². The minimum absolute atomic E-state index is 0.0423. The lowest BCUT2D eigenvalue weighted by Gasteiger charge is -2.13. The normalized spacial score (nSPS) is 11.0. The van der Waals surface area contributed by atoms with E-state index in [0.717, 1.165) is 38.9 Å². The first-order chi connectivity index (χ1) is 13.2. The van der Waals surface area contributed by atoms with Crippen molar-refractivity contribution in [3.05, 3.63) is 74.1 Å². The number of hydrogen-bond donors (Lipinski definition) is 1. The van der Waals surface area contributed by atoms with Crippen molar-refractivity contribution in [2.75, 3.05) is 11.1 Å². The molecule has 0 aliphatic carbocycles. The van der Waals surface area contributed by atoms with Crippen LogP contribution in [0.15, 0.2) is 39.5 Å². The summed E-state index contributed by atoms with van der Waals surface area (Å²) in [5.74, 6) is 0.850. The van der Waals surface area contributed by atoms with E-state index in [-0.39, 0.29) is 11.5 Å². The molecule has 0 bridgehead atoms. The van der Waals surface area contributed by atoms with Crippen LogP contribution < -0.4 is 10.9 Å². The molecule has 1 aromatic heterocycles. The fourth-order valence-corrected chi connectivity index (χ4v) is 4.23. The summed E-state index contributed by atoms with van der Waals surface area (Å²) in [5.41, 5.74) is 7.56. The molecule has 1 heterocycles. The molecule has 0 unspecified atom stereocenters. The molecule has 0 spiro atoms. The average molecular weight is 396 g/mol. The van der Waals surface area contributed by atoms with Gasteiger partial charge in [-0.3, -0.25) is 4.79 Å². The van der Waals surface area contributed by atoms with Gasteiger partial charge in [-0.25, -0.2) is 4.79 Å². The molecule has 1 N–H and O–H groups in total. The summed E-state index contributed by atoms with van der Waals surface area (Å²) in [6.45, 7) is 10.1. The maximum Gasteiger partial charge on any atom is 0.336 e. The van der Waals surface area contributed by atoms with E-state index in [9.17, 15) is 9.59 Å². The van der Waals surface area contributed by atoms with Crippen molar-refractivity contribution in [3.8, 4) is 0 Å². The monoisotopic (exact) mass is 395 g/mol. The van der Waals surface area contributed by atoms with Gasteiger partial charge in [-0.15, -0.1) is 11.8 Å². The van der Waals surface area contributed by atoms with Crippen LogP contribution in [0.5, 0.6) is 0 Å². The SMILES string of the molecule is Cc1cc(C)c(NC(=O)CSCc2cc(=O)oc3cc(C)c(C)cc23)c(C)c1. The molecule has 1 amide bonds. The summed E-state index contributed by atoms with van der Waals surface area (Å²) >= 11 is 1.49. The van der Waals surface area contributed by atoms with Crippen LogP contribution >= 0.6 is 11.8 Å². The zero-order chi connectivity index (χ0) is 20.4. The van der Waals surface area contributed by atoms with E-state index in [2.05, 4.69) is 17.4 Å². The summed E-state index contributed by atoms with van der Waals surface area (Å²) in [4.78, 5) is 24.3. The molecule has 0 saturated carbocycles. The van der Waals surface area contributed by atoms with Crippen molar-refractivity contribution < 1.29 is 9.21 Å². The Balaban J connectivity index is 1.71. The van der Waals surface area contributed by atoms with E-state index in [4.69, 9.17) is 4.42 Å². The van der Waals surface area contributed by atoms with Crippen molar-refractivity contribution in [1.29, 1.82) is 0 Å². The highest BCUT2D eigenvalue weighted by molar-refractivity contribution is 7.99. The van der Waals surface area contributed by atoms with Gasteiger partial charge in [-0.05, 0) is 74.6 Å². The number of nitrogens with one attached hydrogen (secondary N) is 1. The second-order valence-corrected chi connectivity index (χ2v) is 8.32. The molecule has 0 aliphatic heterocycles. The molecule has 0 atom stereocenters. The molecule has 28 heavy (non-hydrogen) atoms. The largest absolute Gasteiger partial charge is 0.423 e. The number of hydrogen-bond acceptors (Lipinski definition) is 4. The highest BCUT2D eigenvalue weighted by atomic mass is 32.2. The lowest BCUT2D eigenvalue weighted by Crippen LogP contribution is -2.16. The molecule has 0 aliphatic rings. The fourth-order valence-electron chi connectivity index (χ4n) is 3.41. The molecule has 3 rings (SSSR count). The molecule has 0 saturated heterocycles. The number of rotatable bonds is 5. The smallest absolute Gasteiger partial charge is 0.336 e. The zero-order valence-electron chi connectivity index (χ0n) is 16.9. The lowest BCUT2D eigenvalue weighted by atomic mass is 10.0. The first kappa shape index (κ1) is 20.2. The van der Waals surface area contributed by atoms with E-state index < -0.39 is 0 Å². The minimum Gasteiger partial charge on any atom is -0.423 e. The van der Waals surface area contributed by atoms with Crippen molar-refractivity contribution in [2.45, 2.75) is 40.4 Å². The molecule has 4 nitrogen and oxygen atoms in total. The van der Waals surface area contributed by atoms with Gasteiger partial charge in [0.25, 0.3) is 0 Å². The van der Waals surface area contributed by atoms with Gasteiger partial charge >= 0.3 is 5.63 Å². The Labute approximate surface area is 169 Å². The van der Waals surface area contributed by atoms with Gasteiger partial charge in [0.15, 0.2) is 0 Å². The van der Waals surface area contributed by atoms with Gasteiger partial charge in [0.05, 0.1) is 5.75 Å². The second kappa shape index (κ2) is 8.23. The van der Waals surface area contributed by atoms with Crippen molar-refractivity contribution in [1.82, 2.24) is 0 Å². The van der Waals surface area contributed by atoms with E-state index in [1.165, 1.54) is 23.4 Å². The topological polar surface area (TPSA) is 59.3 Å². The highest BCUT2D eigenvalue weighted by Crippen LogP contribution is 2.25. The molecule has 0 fully saturated rings. The van der Waals surface area contributed by atoms with Crippen molar-refractivity contribution in [3.63, 3.8) is 0 Å². The third-order valence-corrected chi connectivity index (χ3v) is 5.86. The van der Waals surface area contributed by atoms with Crippen LogP contribution in [0.4, 0.5) is 5.69 Å². The number of carbonyl (C=O) groups excluding carboxylic acids is 1. The number of anilines is 1. The minimum atomic E-state index is -0.360. The molecule has 146 valence electrons. The van der Waals surface area contributed by atoms with Gasteiger partial charge < -0.3 is 9.73 Å². The number of fused-ring (bicyclic) bond motifs is 1. The van der Waals surface area contributed by atoms with Crippen LogP contribution in [0.3, 0.4) is 0 Å². The summed E-state index contributed by atoms with van der Waals surface area (Å²) < 4.78 is 5.34. The summed E-state index contributed by atoms with van der Waals surface area (Å²) in [5, 5.41) is 3.95. The number of aryl methyl sites for hydroxylation is 5. The Morgan fingerprint density at radius 3 is 2.25 bits per heavy atom. The predicted octanol–water partition coefficient (Wildman–Crippen LogP) is 5.21. The third kappa shape index (κ3) is 4.47. The number of benzene rings is 2. The van der Waals surface area contributed by atoms with E-state index in [0.29, 0.717) is 17.1 Å². The summed E-state index contributed by atoms with van der Waals surface area (Å²) in [6.07, 6.45) is 0. The van der Waals surface area contributed by atoms with Crippen LogP contribution in [-0.2, 0) is 10.5 Å². The molecular weight excluding hydrogens is 370 g/mol. The molecular formula is C23H25NO3S. The highest BCUT2D eigenvalue weighted by Gasteiger charge is 2.11. The summed E-state index contributed by atoms with van der Waals surface area (Å²) in [7, 11) is 0. The van der Waals surface area contributed by atoms with Crippen molar-refractivity contribution >= 4 is 34.3 Å². The van der Waals surface area contributed by atoms with Crippen LogP contribution in [-0.4, -0.2) is 11.7 Å². The average Bonchev–Trinajstić information content (AvgIpc) is 2.59. The summed E-state index contributed by atoms with van der Waals surface area (Å²) in [6, 6.07) is 9.60. The number of carbonyl (C=O) groups is 1. The molecule has 2 aromatic carbocycles. The lowest BCUT2D eigenvalue weighted by molar-refractivity contribution is -0.113. The van der Waals surface area contributed by atoms with Gasteiger partial charge in [0, 0.05) is 22.9 Å². The maximum absolute atomic E-state index is 12.4. The van der Waals surface area contributed by atoms with Crippen LogP contribution in [0.1, 0.15) is 33.4 Å². The van der Waals surface area contributed by atoms with Gasteiger partial charge in [-0.2, -0.15) is 0 Å². The first-order valence-corrected chi connectivity index (χ1v) is 10.4. The third-order valence-electron chi connectivity index (χ3n) is 4.88. The van der Waals surface area contributed by atoms with E-state index in [1.807, 2.05) is 46.8 Å². The van der Waals surface area contributed by atoms with E-state index >= 15 is 0 Å². The molecule has 3 aromatic rings. The predicted molar refractivity (Wildman–Crippen MR) is 117 cm³/mol. The quantitative estimate of drug-likeness (QED) is 0.603. The fraction of sp³-hybridized carbons (Fsp3) is 0.304. The Kier molecular flexibility index (Phi) is 5.94. The second-order valence-electron chi connectivity index (χ2n) is 7.34. The number of amides is 1. The Hall–Kier alpha value is -2.53. The van der Waals surface area contributed by atoms with Crippen molar-refractivity contribution in [2.24, 2.45) is 0 Å². The van der Waals surface area contributed by atoms with E-state index in [1.54, 1.807) is 0 Å². The van der Waals surface area contributed by atoms with Gasteiger partial charge in [-0.1, -0.05) is 17.7 Å². The Morgan fingerprint density at radius 2 is 1.57 bits per heavy atom.